The third-order valence-corrected chi connectivity index (χ3v) is 5.84. The molecule has 7 nitrogen and oxygen atoms in total. The van der Waals surface area contributed by atoms with Gasteiger partial charge < -0.3 is 14.2 Å². The molecule has 1 aromatic rings. The van der Waals surface area contributed by atoms with Crippen molar-refractivity contribution in [2.75, 3.05) is 20.8 Å². The molecule has 30 heavy (non-hydrogen) atoms. The largest absolute Gasteiger partial charge is 0.496 e. The Balaban J connectivity index is 2.22. The molecule has 3 rings (SSSR count). The zero-order valence-corrected chi connectivity index (χ0v) is 17.9. The molecule has 0 spiro atoms. The Hall–Kier alpha value is -2.96. The van der Waals surface area contributed by atoms with E-state index in [0.717, 1.165) is 0 Å². The number of esters is 2. The van der Waals surface area contributed by atoms with E-state index in [1.165, 1.54) is 7.11 Å². The van der Waals surface area contributed by atoms with Crippen LogP contribution in [0.3, 0.4) is 0 Å². The standard InChI is InChI=1S/C23H27NO6/c1-6-30-23(27)18-13(3)24-15-11-12(2)17(22(26)29-5)21(25)20(15)19(18)14-9-7-8-10-16(14)28-4/h7-10,12,17,19-20H,6,11H2,1-5H3/t12-,17+,19-,20+/m1/s1. The fourth-order valence-corrected chi connectivity index (χ4v) is 4.57. The van der Waals surface area contributed by atoms with Crippen LogP contribution in [0.5, 0.6) is 5.75 Å². The number of carbonyl (C=O) groups is 3. The Morgan fingerprint density at radius 1 is 1.17 bits per heavy atom. The molecular formula is C23H27NO6. The van der Waals surface area contributed by atoms with Gasteiger partial charge in [0.1, 0.15) is 11.7 Å². The van der Waals surface area contributed by atoms with E-state index in [1.807, 2.05) is 25.1 Å². The van der Waals surface area contributed by atoms with Gasteiger partial charge in [-0.25, -0.2) is 4.79 Å². The van der Waals surface area contributed by atoms with Crippen LogP contribution in [0.2, 0.25) is 0 Å². The maximum atomic E-state index is 13.6. The topological polar surface area (TPSA) is 91.3 Å². The van der Waals surface area contributed by atoms with Crippen molar-refractivity contribution in [3.05, 3.63) is 41.1 Å². The molecule has 2 aliphatic rings. The van der Waals surface area contributed by atoms with E-state index in [0.29, 0.717) is 34.7 Å². The van der Waals surface area contributed by atoms with Crippen LogP contribution in [0, 0.1) is 17.8 Å². The maximum Gasteiger partial charge on any atom is 0.336 e. The van der Waals surface area contributed by atoms with Crippen molar-refractivity contribution in [2.24, 2.45) is 22.7 Å². The number of benzene rings is 1. The molecule has 1 aliphatic carbocycles. The summed E-state index contributed by atoms with van der Waals surface area (Å²) in [5.74, 6) is -3.37. The molecule has 1 saturated carbocycles. The second kappa shape index (κ2) is 8.81. The molecule has 0 bridgehead atoms. The van der Waals surface area contributed by atoms with Gasteiger partial charge in [0.15, 0.2) is 5.78 Å². The van der Waals surface area contributed by atoms with Gasteiger partial charge in [-0.1, -0.05) is 25.1 Å². The fraction of sp³-hybridized carbons (Fsp3) is 0.478. The summed E-state index contributed by atoms with van der Waals surface area (Å²) < 4.78 is 15.7. The Morgan fingerprint density at radius 3 is 2.50 bits per heavy atom. The molecule has 0 radical (unpaired) electrons. The minimum atomic E-state index is -0.905. The van der Waals surface area contributed by atoms with Crippen LogP contribution in [-0.2, 0) is 23.9 Å². The highest BCUT2D eigenvalue weighted by Gasteiger charge is 2.51. The van der Waals surface area contributed by atoms with E-state index in [1.54, 1.807) is 27.0 Å². The Bertz CT molecular complexity index is 931. The van der Waals surface area contributed by atoms with Gasteiger partial charge in [-0.15, -0.1) is 0 Å². The first-order chi connectivity index (χ1) is 14.3. The van der Waals surface area contributed by atoms with Crippen LogP contribution in [0.1, 0.15) is 38.7 Å². The van der Waals surface area contributed by atoms with Crippen molar-refractivity contribution >= 4 is 23.4 Å². The third kappa shape index (κ3) is 3.64. The zero-order chi connectivity index (χ0) is 22.0. The number of ketones is 1. The van der Waals surface area contributed by atoms with Gasteiger partial charge in [0.05, 0.1) is 32.3 Å². The monoisotopic (exact) mass is 413 g/mol. The van der Waals surface area contributed by atoms with Crippen molar-refractivity contribution in [2.45, 2.75) is 33.1 Å². The summed E-state index contributed by atoms with van der Waals surface area (Å²) in [6.45, 7) is 5.52. The van der Waals surface area contributed by atoms with E-state index >= 15 is 0 Å². The van der Waals surface area contributed by atoms with E-state index < -0.39 is 29.7 Å². The molecule has 160 valence electrons. The van der Waals surface area contributed by atoms with E-state index in [-0.39, 0.29) is 18.3 Å². The number of hydrogen-bond donors (Lipinski definition) is 0. The number of para-hydroxylation sites is 1. The number of carbonyl (C=O) groups excluding carboxylic acids is 3. The lowest BCUT2D eigenvalue weighted by atomic mass is 9.63. The lowest BCUT2D eigenvalue weighted by molar-refractivity contribution is -0.152. The lowest BCUT2D eigenvalue weighted by Gasteiger charge is -2.40. The van der Waals surface area contributed by atoms with Crippen LogP contribution in [0.25, 0.3) is 0 Å². The van der Waals surface area contributed by atoms with Gasteiger partial charge in [0.25, 0.3) is 0 Å². The molecule has 1 aromatic carbocycles. The smallest absolute Gasteiger partial charge is 0.336 e. The summed E-state index contributed by atoms with van der Waals surface area (Å²) in [4.78, 5) is 43.5. The highest BCUT2D eigenvalue weighted by atomic mass is 16.5. The SMILES string of the molecule is CCOC(=O)C1=C(C)N=C2C[C@@H](C)[C@H](C(=O)OC)C(=O)[C@@H]2[C@@H]1c1ccccc1OC. The highest BCUT2D eigenvalue weighted by molar-refractivity contribution is 6.17. The molecule has 7 heteroatoms. The number of nitrogens with zero attached hydrogens (tertiary/aromatic N) is 1. The number of aliphatic imine (C=N–C) groups is 1. The van der Waals surface area contributed by atoms with Crippen molar-refractivity contribution in [3.63, 3.8) is 0 Å². The zero-order valence-electron chi connectivity index (χ0n) is 17.9. The number of hydrogen-bond acceptors (Lipinski definition) is 7. The highest BCUT2D eigenvalue weighted by Crippen LogP contribution is 2.47. The van der Waals surface area contributed by atoms with Crippen molar-refractivity contribution in [1.82, 2.24) is 0 Å². The first-order valence-corrected chi connectivity index (χ1v) is 10.0. The summed E-state index contributed by atoms with van der Waals surface area (Å²) in [5, 5.41) is 0. The van der Waals surface area contributed by atoms with Gasteiger partial charge >= 0.3 is 11.9 Å². The van der Waals surface area contributed by atoms with E-state index in [4.69, 9.17) is 14.2 Å². The molecule has 0 saturated heterocycles. The summed E-state index contributed by atoms with van der Waals surface area (Å²) in [5.41, 5.74) is 2.20. The molecule has 0 unspecified atom stereocenters. The number of ether oxygens (including phenoxy) is 3. The molecule has 0 amide bonds. The van der Waals surface area contributed by atoms with Crippen LogP contribution in [0.4, 0.5) is 0 Å². The molecule has 1 aliphatic heterocycles. The van der Waals surface area contributed by atoms with Crippen LogP contribution < -0.4 is 4.74 Å². The first-order valence-electron chi connectivity index (χ1n) is 10.0. The third-order valence-electron chi connectivity index (χ3n) is 5.84. The van der Waals surface area contributed by atoms with Crippen LogP contribution >= 0.6 is 0 Å². The number of Topliss-reactive ketones (excluding diaryl/α,β-unsaturated/α-hetero) is 1. The molecule has 1 fully saturated rings. The normalized spacial score (nSPS) is 25.9. The van der Waals surface area contributed by atoms with Crippen LogP contribution in [0.15, 0.2) is 40.5 Å². The quantitative estimate of drug-likeness (QED) is 0.544. The van der Waals surface area contributed by atoms with Gasteiger partial charge in [0.2, 0.25) is 0 Å². The Kier molecular flexibility index (Phi) is 6.39. The fourth-order valence-electron chi connectivity index (χ4n) is 4.57. The molecule has 0 N–H and O–H groups in total. The molecule has 1 heterocycles. The summed E-state index contributed by atoms with van der Waals surface area (Å²) in [6.07, 6.45) is 0.468. The lowest BCUT2D eigenvalue weighted by Crippen LogP contribution is -2.48. The number of allylic oxidation sites excluding steroid dienone is 1. The van der Waals surface area contributed by atoms with Crippen LogP contribution in [-0.4, -0.2) is 44.3 Å². The molecule has 0 aromatic heterocycles. The predicted molar refractivity (Wildman–Crippen MR) is 110 cm³/mol. The predicted octanol–water partition coefficient (Wildman–Crippen LogP) is 3.08. The second-order valence-electron chi connectivity index (χ2n) is 7.60. The minimum Gasteiger partial charge on any atom is -0.496 e. The Morgan fingerprint density at radius 2 is 1.87 bits per heavy atom. The number of fused-ring (bicyclic) bond motifs is 1. The summed E-state index contributed by atoms with van der Waals surface area (Å²) in [6, 6.07) is 7.27. The average Bonchev–Trinajstić information content (AvgIpc) is 2.72. The summed E-state index contributed by atoms with van der Waals surface area (Å²) >= 11 is 0. The average molecular weight is 413 g/mol. The van der Waals surface area contributed by atoms with E-state index in [2.05, 4.69) is 4.99 Å². The molecular weight excluding hydrogens is 386 g/mol. The number of methoxy groups -OCH3 is 2. The maximum absolute atomic E-state index is 13.6. The second-order valence-corrected chi connectivity index (χ2v) is 7.60. The van der Waals surface area contributed by atoms with E-state index in [9.17, 15) is 14.4 Å². The van der Waals surface area contributed by atoms with Crippen molar-refractivity contribution in [1.29, 1.82) is 0 Å². The number of rotatable bonds is 5. The summed E-state index contributed by atoms with van der Waals surface area (Å²) in [7, 11) is 2.82. The molecule has 4 atom stereocenters. The van der Waals surface area contributed by atoms with Gasteiger partial charge in [-0.05, 0) is 32.3 Å². The van der Waals surface area contributed by atoms with Crippen molar-refractivity contribution in [3.8, 4) is 5.75 Å². The van der Waals surface area contributed by atoms with Gasteiger partial charge in [0, 0.05) is 22.9 Å². The van der Waals surface area contributed by atoms with Gasteiger partial charge in [-0.3, -0.25) is 14.6 Å². The van der Waals surface area contributed by atoms with Gasteiger partial charge in [-0.2, -0.15) is 0 Å². The Labute approximate surface area is 176 Å². The minimum absolute atomic E-state index is 0.200. The van der Waals surface area contributed by atoms with Crippen molar-refractivity contribution < 1.29 is 28.6 Å². The first kappa shape index (κ1) is 21.7.